The summed E-state index contributed by atoms with van der Waals surface area (Å²) in [5.74, 6) is -0.124. The summed E-state index contributed by atoms with van der Waals surface area (Å²) in [7, 11) is 0. The van der Waals surface area contributed by atoms with Gasteiger partial charge in [0.1, 0.15) is 18.3 Å². The van der Waals surface area contributed by atoms with Gasteiger partial charge in [-0.2, -0.15) is 5.10 Å². The summed E-state index contributed by atoms with van der Waals surface area (Å²) >= 11 is 0. The number of fused-ring (bicyclic) bond motifs is 1. The zero-order chi connectivity index (χ0) is 18.8. The molecule has 0 bridgehead atoms. The number of amides is 3. The Balaban J connectivity index is 1.42. The number of imide groups is 1. The van der Waals surface area contributed by atoms with Crippen molar-refractivity contribution < 1.29 is 9.59 Å². The second kappa shape index (κ2) is 7.18. The molecule has 0 radical (unpaired) electrons. The number of pyridine rings is 1. The SMILES string of the molecule is Cc1cccc2nc(CN3CCC(=O)N(CCCn4cncn4)C3=O)cn12. The maximum absolute atomic E-state index is 12.8. The molecule has 4 rings (SSSR count). The van der Waals surface area contributed by atoms with E-state index in [2.05, 4.69) is 15.1 Å². The Morgan fingerprint density at radius 2 is 2.07 bits per heavy atom. The number of hydrogen-bond acceptors (Lipinski definition) is 5. The van der Waals surface area contributed by atoms with Crippen LogP contribution in [-0.2, 0) is 17.9 Å². The number of nitrogens with zero attached hydrogens (tertiary/aromatic N) is 7. The van der Waals surface area contributed by atoms with Crippen molar-refractivity contribution in [3.8, 4) is 0 Å². The van der Waals surface area contributed by atoms with Gasteiger partial charge in [0.15, 0.2) is 0 Å². The summed E-state index contributed by atoms with van der Waals surface area (Å²) in [4.78, 5) is 36.5. The second-order valence-corrected chi connectivity index (χ2v) is 6.64. The minimum absolute atomic E-state index is 0.124. The molecule has 1 aliphatic heterocycles. The number of aryl methyl sites for hydroxylation is 2. The molecule has 0 atom stereocenters. The summed E-state index contributed by atoms with van der Waals surface area (Å²) < 4.78 is 3.69. The Labute approximate surface area is 156 Å². The van der Waals surface area contributed by atoms with Gasteiger partial charge in [0, 0.05) is 37.9 Å². The average molecular weight is 367 g/mol. The van der Waals surface area contributed by atoms with Crippen molar-refractivity contribution in [2.75, 3.05) is 13.1 Å². The van der Waals surface area contributed by atoms with Gasteiger partial charge in [0.2, 0.25) is 5.91 Å². The summed E-state index contributed by atoms with van der Waals surface area (Å²) in [6.07, 6.45) is 6.01. The molecule has 140 valence electrons. The fraction of sp³-hybridized carbons (Fsp3) is 0.389. The first-order chi connectivity index (χ1) is 13.1. The highest BCUT2D eigenvalue weighted by Gasteiger charge is 2.31. The lowest BCUT2D eigenvalue weighted by molar-refractivity contribution is -0.131. The first-order valence-corrected chi connectivity index (χ1v) is 8.97. The molecule has 0 spiro atoms. The zero-order valence-corrected chi connectivity index (χ0v) is 15.2. The fourth-order valence-electron chi connectivity index (χ4n) is 3.32. The summed E-state index contributed by atoms with van der Waals surface area (Å²) in [5, 5.41) is 4.03. The van der Waals surface area contributed by atoms with Crippen molar-refractivity contribution in [1.29, 1.82) is 0 Å². The lowest BCUT2D eigenvalue weighted by atomic mass is 10.2. The van der Waals surface area contributed by atoms with Gasteiger partial charge in [-0.05, 0) is 25.5 Å². The summed E-state index contributed by atoms with van der Waals surface area (Å²) in [6.45, 7) is 3.82. The minimum Gasteiger partial charge on any atom is -0.318 e. The molecule has 27 heavy (non-hydrogen) atoms. The maximum Gasteiger partial charge on any atom is 0.327 e. The van der Waals surface area contributed by atoms with E-state index in [0.717, 1.165) is 17.0 Å². The normalized spacial score (nSPS) is 15.1. The van der Waals surface area contributed by atoms with Crippen LogP contribution < -0.4 is 0 Å². The molecule has 1 aliphatic rings. The maximum atomic E-state index is 12.8. The Morgan fingerprint density at radius 3 is 2.85 bits per heavy atom. The van der Waals surface area contributed by atoms with Gasteiger partial charge >= 0.3 is 6.03 Å². The van der Waals surface area contributed by atoms with Crippen LogP contribution in [0.25, 0.3) is 5.65 Å². The van der Waals surface area contributed by atoms with E-state index in [1.54, 1.807) is 15.9 Å². The zero-order valence-electron chi connectivity index (χ0n) is 15.2. The molecule has 0 saturated carbocycles. The number of imidazole rings is 1. The molecule has 1 saturated heterocycles. The summed E-state index contributed by atoms with van der Waals surface area (Å²) in [5.41, 5.74) is 2.76. The largest absolute Gasteiger partial charge is 0.327 e. The third kappa shape index (κ3) is 3.53. The van der Waals surface area contributed by atoms with Crippen molar-refractivity contribution >= 4 is 17.6 Å². The van der Waals surface area contributed by atoms with Crippen LogP contribution in [-0.4, -0.2) is 59.0 Å². The van der Waals surface area contributed by atoms with Gasteiger partial charge in [0.25, 0.3) is 0 Å². The highest BCUT2D eigenvalue weighted by Crippen LogP contribution is 2.16. The Kier molecular flexibility index (Phi) is 4.57. The van der Waals surface area contributed by atoms with Crippen molar-refractivity contribution in [2.45, 2.75) is 32.9 Å². The number of carbonyl (C=O) groups is 2. The molecule has 9 heteroatoms. The molecule has 0 N–H and O–H groups in total. The Hall–Kier alpha value is -3.23. The molecule has 3 amide bonds. The number of hydrogen-bond donors (Lipinski definition) is 0. The highest BCUT2D eigenvalue weighted by molar-refractivity contribution is 5.96. The van der Waals surface area contributed by atoms with E-state index in [1.165, 1.54) is 11.2 Å². The Morgan fingerprint density at radius 1 is 1.19 bits per heavy atom. The van der Waals surface area contributed by atoms with E-state index >= 15 is 0 Å². The number of rotatable bonds is 6. The van der Waals surface area contributed by atoms with E-state index in [0.29, 0.717) is 39.0 Å². The van der Waals surface area contributed by atoms with Crippen LogP contribution in [0.1, 0.15) is 24.2 Å². The van der Waals surface area contributed by atoms with Gasteiger partial charge in [-0.25, -0.2) is 14.8 Å². The van der Waals surface area contributed by atoms with Crippen LogP contribution in [0, 0.1) is 6.92 Å². The quantitative estimate of drug-likeness (QED) is 0.658. The van der Waals surface area contributed by atoms with Gasteiger partial charge in [-0.15, -0.1) is 0 Å². The van der Waals surface area contributed by atoms with E-state index in [1.807, 2.05) is 35.7 Å². The molecular weight excluding hydrogens is 346 g/mol. The fourth-order valence-corrected chi connectivity index (χ4v) is 3.32. The molecule has 9 nitrogen and oxygen atoms in total. The number of carbonyl (C=O) groups excluding carboxylic acids is 2. The van der Waals surface area contributed by atoms with E-state index in [4.69, 9.17) is 0 Å². The molecule has 1 fully saturated rings. The first-order valence-electron chi connectivity index (χ1n) is 8.97. The van der Waals surface area contributed by atoms with Crippen LogP contribution in [0.2, 0.25) is 0 Å². The number of aromatic nitrogens is 5. The van der Waals surface area contributed by atoms with Crippen LogP contribution in [0.4, 0.5) is 4.79 Å². The van der Waals surface area contributed by atoms with Crippen LogP contribution in [0.15, 0.2) is 37.1 Å². The Bertz CT molecular complexity index is 963. The predicted molar refractivity (Wildman–Crippen MR) is 96.7 cm³/mol. The molecule has 0 aliphatic carbocycles. The lowest BCUT2D eigenvalue weighted by Crippen LogP contribution is -2.52. The first kappa shape index (κ1) is 17.2. The molecule has 0 aromatic carbocycles. The molecular formula is C18H21N7O2. The van der Waals surface area contributed by atoms with Crippen LogP contribution in [0.5, 0.6) is 0 Å². The van der Waals surface area contributed by atoms with E-state index < -0.39 is 0 Å². The third-order valence-electron chi connectivity index (χ3n) is 4.73. The second-order valence-electron chi connectivity index (χ2n) is 6.64. The molecule has 3 aromatic rings. The minimum atomic E-state index is -0.251. The van der Waals surface area contributed by atoms with E-state index in [-0.39, 0.29) is 11.9 Å². The van der Waals surface area contributed by atoms with Crippen molar-refractivity contribution in [3.63, 3.8) is 0 Å². The van der Waals surface area contributed by atoms with Crippen molar-refractivity contribution in [3.05, 3.63) is 48.4 Å². The standard InChI is InChI=1S/C18H21N7O2/c1-14-4-2-5-16-21-15(11-25(14)16)10-22-9-6-17(26)24(18(22)27)8-3-7-23-13-19-12-20-23/h2,4-5,11-13H,3,6-10H2,1H3. The summed E-state index contributed by atoms with van der Waals surface area (Å²) in [6, 6.07) is 5.66. The smallest absolute Gasteiger partial charge is 0.318 e. The van der Waals surface area contributed by atoms with Gasteiger partial charge < -0.3 is 9.30 Å². The van der Waals surface area contributed by atoms with Crippen molar-refractivity contribution in [1.82, 2.24) is 33.9 Å². The van der Waals surface area contributed by atoms with Crippen LogP contribution >= 0.6 is 0 Å². The predicted octanol–water partition coefficient (Wildman–Crippen LogP) is 1.48. The van der Waals surface area contributed by atoms with Gasteiger partial charge in [0.05, 0.1) is 12.2 Å². The number of urea groups is 1. The van der Waals surface area contributed by atoms with Crippen molar-refractivity contribution in [2.24, 2.45) is 0 Å². The van der Waals surface area contributed by atoms with Gasteiger partial charge in [-0.1, -0.05) is 6.07 Å². The highest BCUT2D eigenvalue weighted by atomic mass is 16.2. The topological polar surface area (TPSA) is 88.6 Å². The third-order valence-corrected chi connectivity index (χ3v) is 4.73. The van der Waals surface area contributed by atoms with E-state index in [9.17, 15) is 9.59 Å². The average Bonchev–Trinajstić information content (AvgIpc) is 3.30. The lowest BCUT2D eigenvalue weighted by Gasteiger charge is -2.33. The molecule has 3 aromatic heterocycles. The van der Waals surface area contributed by atoms with Crippen LogP contribution in [0.3, 0.4) is 0 Å². The molecule has 0 unspecified atom stereocenters. The van der Waals surface area contributed by atoms with Gasteiger partial charge in [-0.3, -0.25) is 14.4 Å². The molecule has 4 heterocycles. The monoisotopic (exact) mass is 367 g/mol.